The highest BCUT2D eigenvalue weighted by Gasteiger charge is 2.29. The first-order valence-electron chi connectivity index (χ1n) is 6.66. The van der Waals surface area contributed by atoms with Gasteiger partial charge in [0.1, 0.15) is 0 Å². The van der Waals surface area contributed by atoms with Crippen molar-refractivity contribution in [2.24, 2.45) is 0 Å². The van der Waals surface area contributed by atoms with Crippen molar-refractivity contribution < 1.29 is 18.0 Å². The second-order valence-corrected chi connectivity index (χ2v) is 6.15. The quantitative estimate of drug-likeness (QED) is 0.906. The van der Waals surface area contributed by atoms with Crippen molar-refractivity contribution in [1.82, 2.24) is 4.98 Å². The molecule has 2 rings (SSSR count). The van der Waals surface area contributed by atoms with E-state index in [0.29, 0.717) is 12.1 Å². The third kappa shape index (κ3) is 4.30. The first kappa shape index (κ1) is 16.5. The van der Waals surface area contributed by atoms with Crippen LogP contribution in [0, 0.1) is 13.8 Å². The summed E-state index contributed by atoms with van der Waals surface area (Å²) in [5.74, 6) is -0.231. The Bertz CT molecular complexity index is 662. The molecule has 0 spiro atoms. The van der Waals surface area contributed by atoms with Crippen LogP contribution < -0.4 is 5.32 Å². The van der Waals surface area contributed by atoms with Crippen LogP contribution in [0.25, 0.3) is 0 Å². The molecule has 0 atom stereocenters. The number of alkyl halides is 3. The Kier molecular flexibility index (Phi) is 4.85. The van der Waals surface area contributed by atoms with Gasteiger partial charge in [0.2, 0.25) is 5.91 Å². The van der Waals surface area contributed by atoms with Gasteiger partial charge >= 0.3 is 6.18 Å². The zero-order valence-electron chi connectivity index (χ0n) is 12.1. The molecule has 0 radical (unpaired) electrons. The summed E-state index contributed by atoms with van der Waals surface area (Å²) in [7, 11) is 0. The maximum Gasteiger partial charge on any atom is 0.416 e. The van der Waals surface area contributed by atoms with Gasteiger partial charge in [0.25, 0.3) is 0 Å². The highest BCUT2D eigenvalue weighted by atomic mass is 32.1. The van der Waals surface area contributed by atoms with Crippen LogP contribution in [-0.2, 0) is 17.4 Å². The van der Waals surface area contributed by atoms with E-state index in [1.165, 1.54) is 12.1 Å². The predicted octanol–water partition coefficient (Wildman–Crippen LogP) is 4.35. The maximum atomic E-state index is 12.4. The van der Waals surface area contributed by atoms with Crippen molar-refractivity contribution in [1.29, 1.82) is 0 Å². The summed E-state index contributed by atoms with van der Waals surface area (Å²) >= 11 is 1.55. The molecule has 7 heteroatoms. The smallest absolute Gasteiger partial charge is 0.326 e. The number of thiazole rings is 1. The monoisotopic (exact) mass is 328 g/mol. The molecular formula is C15H15F3N2OS. The van der Waals surface area contributed by atoms with Crippen molar-refractivity contribution in [3.8, 4) is 0 Å². The lowest BCUT2D eigenvalue weighted by atomic mass is 10.2. The lowest BCUT2D eigenvalue weighted by molar-refractivity contribution is -0.137. The van der Waals surface area contributed by atoms with Crippen molar-refractivity contribution >= 4 is 22.9 Å². The third-order valence-corrected chi connectivity index (χ3v) is 4.21. The second kappa shape index (κ2) is 6.48. The number of halogens is 3. The fraction of sp³-hybridized carbons (Fsp3) is 0.333. The lowest BCUT2D eigenvalue weighted by Crippen LogP contribution is -2.12. The number of nitrogens with zero attached hydrogens (tertiary/aromatic N) is 1. The van der Waals surface area contributed by atoms with Crippen LogP contribution in [0.5, 0.6) is 0 Å². The van der Waals surface area contributed by atoms with Crippen LogP contribution in [0.3, 0.4) is 0 Å². The fourth-order valence-corrected chi connectivity index (χ4v) is 2.94. The Morgan fingerprint density at radius 1 is 1.23 bits per heavy atom. The van der Waals surface area contributed by atoms with Gasteiger partial charge in [-0.1, -0.05) is 0 Å². The Balaban J connectivity index is 1.91. The number of aromatic nitrogens is 1. The van der Waals surface area contributed by atoms with E-state index in [4.69, 9.17) is 0 Å². The minimum atomic E-state index is -4.37. The molecule has 3 nitrogen and oxygen atoms in total. The molecule has 118 valence electrons. The van der Waals surface area contributed by atoms with E-state index >= 15 is 0 Å². The molecular weight excluding hydrogens is 313 g/mol. The molecule has 0 aliphatic heterocycles. The molecule has 0 saturated carbocycles. The standard InChI is InChI=1S/C15H15F3N2OS/c1-9-13(22-10(2)19-9)7-8-14(21)20-12-5-3-11(4-6-12)15(16,17)18/h3-6H,7-8H2,1-2H3,(H,20,21). The van der Waals surface area contributed by atoms with Crippen molar-refractivity contribution in [3.63, 3.8) is 0 Å². The molecule has 1 aromatic heterocycles. The van der Waals surface area contributed by atoms with E-state index in [0.717, 1.165) is 27.7 Å². The Labute approximate surface area is 130 Å². The largest absolute Gasteiger partial charge is 0.416 e. The van der Waals surface area contributed by atoms with Crippen molar-refractivity contribution in [2.45, 2.75) is 32.9 Å². The molecule has 1 heterocycles. The molecule has 0 aliphatic rings. The van der Waals surface area contributed by atoms with E-state index in [9.17, 15) is 18.0 Å². The first-order valence-corrected chi connectivity index (χ1v) is 7.47. The van der Waals surface area contributed by atoms with Crippen LogP contribution in [0.1, 0.15) is 27.6 Å². The van der Waals surface area contributed by atoms with Gasteiger partial charge in [-0.05, 0) is 44.5 Å². The summed E-state index contributed by atoms with van der Waals surface area (Å²) in [4.78, 5) is 17.2. The summed E-state index contributed by atoms with van der Waals surface area (Å²) in [5.41, 5.74) is 0.543. The van der Waals surface area contributed by atoms with Crippen LogP contribution in [0.4, 0.5) is 18.9 Å². The van der Waals surface area contributed by atoms with Gasteiger partial charge in [-0.15, -0.1) is 11.3 Å². The summed E-state index contributed by atoms with van der Waals surface area (Å²) in [6.07, 6.45) is -3.53. The van der Waals surface area contributed by atoms with Crippen molar-refractivity contribution in [3.05, 3.63) is 45.4 Å². The summed E-state index contributed by atoms with van der Waals surface area (Å²) < 4.78 is 37.3. The Morgan fingerprint density at radius 3 is 2.36 bits per heavy atom. The minimum absolute atomic E-state index is 0.231. The summed E-state index contributed by atoms with van der Waals surface area (Å²) in [6, 6.07) is 4.41. The van der Waals surface area contributed by atoms with E-state index in [1.807, 2.05) is 13.8 Å². The summed E-state index contributed by atoms with van der Waals surface area (Å²) in [5, 5.41) is 3.55. The highest BCUT2D eigenvalue weighted by Crippen LogP contribution is 2.29. The molecule has 1 amide bonds. The SMILES string of the molecule is Cc1nc(C)c(CCC(=O)Nc2ccc(C(F)(F)F)cc2)s1. The molecule has 0 unspecified atom stereocenters. The number of anilines is 1. The number of carbonyl (C=O) groups excluding carboxylic acids is 1. The van der Waals surface area contributed by atoms with Crippen LogP contribution in [0.15, 0.2) is 24.3 Å². The van der Waals surface area contributed by atoms with Gasteiger partial charge in [0.05, 0.1) is 16.3 Å². The lowest BCUT2D eigenvalue weighted by Gasteiger charge is -2.08. The molecule has 0 aliphatic carbocycles. The van der Waals surface area contributed by atoms with E-state index in [2.05, 4.69) is 10.3 Å². The van der Waals surface area contributed by atoms with Crippen molar-refractivity contribution in [2.75, 3.05) is 5.32 Å². The second-order valence-electron chi connectivity index (χ2n) is 4.86. The molecule has 2 aromatic rings. The maximum absolute atomic E-state index is 12.4. The van der Waals surface area contributed by atoms with Gasteiger partial charge in [0, 0.05) is 17.0 Å². The average molecular weight is 328 g/mol. The average Bonchev–Trinajstić information content (AvgIpc) is 2.74. The zero-order chi connectivity index (χ0) is 16.3. The molecule has 1 N–H and O–H groups in total. The van der Waals surface area contributed by atoms with E-state index < -0.39 is 11.7 Å². The Morgan fingerprint density at radius 2 is 1.86 bits per heavy atom. The number of carbonyl (C=O) groups is 1. The first-order chi connectivity index (χ1) is 10.3. The van der Waals surface area contributed by atoms with Crippen LogP contribution >= 0.6 is 11.3 Å². The number of amides is 1. The van der Waals surface area contributed by atoms with E-state index in [1.54, 1.807) is 11.3 Å². The molecule has 0 bridgehead atoms. The number of benzene rings is 1. The zero-order valence-corrected chi connectivity index (χ0v) is 12.9. The highest BCUT2D eigenvalue weighted by molar-refractivity contribution is 7.11. The predicted molar refractivity (Wildman–Crippen MR) is 80.0 cm³/mol. The van der Waals surface area contributed by atoms with E-state index in [-0.39, 0.29) is 12.3 Å². The molecule has 22 heavy (non-hydrogen) atoms. The Hall–Kier alpha value is -1.89. The van der Waals surface area contributed by atoms with Crippen LogP contribution in [0.2, 0.25) is 0 Å². The normalized spacial score (nSPS) is 11.5. The van der Waals surface area contributed by atoms with Gasteiger partial charge in [-0.25, -0.2) is 4.98 Å². The van der Waals surface area contributed by atoms with Gasteiger partial charge in [-0.3, -0.25) is 4.79 Å². The molecule has 0 saturated heterocycles. The fourth-order valence-electron chi connectivity index (χ4n) is 2.00. The topological polar surface area (TPSA) is 42.0 Å². The van der Waals surface area contributed by atoms with Gasteiger partial charge < -0.3 is 5.32 Å². The number of hydrogen-bond donors (Lipinski definition) is 1. The molecule has 1 aromatic carbocycles. The van der Waals surface area contributed by atoms with Gasteiger partial charge in [0.15, 0.2) is 0 Å². The number of hydrogen-bond acceptors (Lipinski definition) is 3. The van der Waals surface area contributed by atoms with Gasteiger partial charge in [-0.2, -0.15) is 13.2 Å². The number of nitrogens with one attached hydrogen (secondary N) is 1. The number of rotatable bonds is 4. The third-order valence-electron chi connectivity index (χ3n) is 3.07. The summed E-state index contributed by atoms with van der Waals surface area (Å²) in [6.45, 7) is 3.80. The van der Waals surface area contributed by atoms with Crippen LogP contribution in [-0.4, -0.2) is 10.9 Å². The minimum Gasteiger partial charge on any atom is -0.326 e. The molecule has 0 fully saturated rings. The number of aryl methyl sites for hydroxylation is 3.